The molecule has 35 heavy (non-hydrogen) atoms. The molecule has 4 N–H and O–H groups in total. The number of methoxy groups -OCH3 is 1. The molecular weight excluding hydrogens is 470 g/mol. The number of fused-ring (bicyclic) bond motifs is 2. The second-order valence-corrected chi connectivity index (χ2v) is 9.59. The number of thioether (sulfide) groups is 1. The van der Waals surface area contributed by atoms with Gasteiger partial charge in [0.05, 0.1) is 53.4 Å². The summed E-state index contributed by atoms with van der Waals surface area (Å²) in [6, 6.07) is 9.30. The molecule has 1 saturated heterocycles. The third-order valence-electron chi connectivity index (χ3n) is 6.23. The SMILES string of the molecule is COc1cnc2cccc([C@H](O)[C@H](O)[C@@H]3CC[C@@H](NCc4ccc5c(n4)NC(=O)CS5)CO3)c2n1. The highest BCUT2D eigenvalue weighted by Gasteiger charge is 2.33. The smallest absolute Gasteiger partial charge is 0.235 e. The lowest BCUT2D eigenvalue weighted by Crippen LogP contribution is -2.45. The lowest BCUT2D eigenvalue weighted by molar-refractivity contribution is -0.114. The van der Waals surface area contributed by atoms with Crippen LogP contribution in [0.4, 0.5) is 5.82 Å². The van der Waals surface area contributed by atoms with E-state index in [1.54, 1.807) is 18.2 Å². The van der Waals surface area contributed by atoms with Crippen LogP contribution in [-0.4, -0.2) is 68.8 Å². The lowest BCUT2D eigenvalue weighted by atomic mass is 9.94. The average molecular weight is 498 g/mol. The second kappa shape index (κ2) is 10.4. The summed E-state index contributed by atoms with van der Waals surface area (Å²) in [5, 5.41) is 28.1. The lowest BCUT2D eigenvalue weighted by Gasteiger charge is -2.34. The largest absolute Gasteiger partial charge is 0.480 e. The van der Waals surface area contributed by atoms with Crippen molar-refractivity contribution >= 4 is 34.5 Å². The molecule has 1 amide bonds. The highest BCUT2D eigenvalue weighted by atomic mass is 32.2. The maximum atomic E-state index is 11.6. The number of aliphatic hydroxyl groups is 2. The predicted octanol–water partition coefficient (Wildman–Crippen LogP) is 1.81. The average Bonchev–Trinajstić information content (AvgIpc) is 2.90. The van der Waals surface area contributed by atoms with Gasteiger partial charge in [-0.15, -0.1) is 11.8 Å². The van der Waals surface area contributed by atoms with Crippen LogP contribution >= 0.6 is 11.8 Å². The molecule has 0 spiro atoms. The summed E-state index contributed by atoms with van der Waals surface area (Å²) >= 11 is 1.48. The fourth-order valence-electron chi connectivity index (χ4n) is 4.32. The normalized spacial score (nSPS) is 21.7. The number of nitrogens with one attached hydrogen (secondary N) is 2. The topological polar surface area (TPSA) is 139 Å². The number of ether oxygens (including phenoxy) is 2. The molecule has 11 heteroatoms. The van der Waals surface area contributed by atoms with E-state index < -0.39 is 18.3 Å². The maximum Gasteiger partial charge on any atom is 0.235 e. The van der Waals surface area contributed by atoms with Crippen LogP contribution in [0.25, 0.3) is 11.0 Å². The van der Waals surface area contributed by atoms with Gasteiger partial charge in [0, 0.05) is 18.2 Å². The number of rotatable bonds is 7. The van der Waals surface area contributed by atoms with Crippen LogP contribution in [0.3, 0.4) is 0 Å². The van der Waals surface area contributed by atoms with Gasteiger partial charge in [-0.2, -0.15) is 0 Å². The molecule has 2 aliphatic heterocycles. The molecule has 0 saturated carbocycles. The number of para-hydroxylation sites is 1. The van der Waals surface area contributed by atoms with Crippen molar-refractivity contribution < 1.29 is 24.5 Å². The van der Waals surface area contributed by atoms with Crippen LogP contribution in [0.15, 0.2) is 41.4 Å². The van der Waals surface area contributed by atoms with Gasteiger partial charge >= 0.3 is 0 Å². The van der Waals surface area contributed by atoms with Gasteiger partial charge in [0.2, 0.25) is 11.8 Å². The van der Waals surface area contributed by atoms with Crippen molar-refractivity contribution in [3.8, 4) is 5.88 Å². The Kier molecular flexibility index (Phi) is 7.12. The molecule has 0 unspecified atom stereocenters. The van der Waals surface area contributed by atoms with E-state index in [9.17, 15) is 15.0 Å². The molecule has 2 aromatic heterocycles. The number of nitrogens with zero attached hydrogens (tertiary/aromatic N) is 3. The molecule has 10 nitrogen and oxygen atoms in total. The predicted molar refractivity (Wildman–Crippen MR) is 130 cm³/mol. The van der Waals surface area contributed by atoms with E-state index in [1.165, 1.54) is 25.1 Å². The van der Waals surface area contributed by atoms with Crippen molar-refractivity contribution in [2.24, 2.45) is 0 Å². The molecule has 5 rings (SSSR count). The minimum absolute atomic E-state index is 0.0396. The fraction of sp³-hybridized carbons (Fsp3) is 0.417. The summed E-state index contributed by atoms with van der Waals surface area (Å²) in [7, 11) is 1.50. The molecule has 1 fully saturated rings. The van der Waals surface area contributed by atoms with Gasteiger partial charge in [0.25, 0.3) is 0 Å². The summed E-state index contributed by atoms with van der Waals surface area (Å²) in [6.45, 7) is 0.934. The third kappa shape index (κ3) is 5.24. The summed E-state index contributed by atoms with van der Waals surface area (Å²) in [4.78, 5) is 25.8. The zero-order valence-corrected chi connectivity index (χ0v) is 20.0. The number of benzene rings is 1. The van der Waals surface area contributed by atoms with Crippen LogP contribution in [-0.2, 0) is 16.1 Å². The highest BCUT2D eigenvalue weighted by Crippen LogP contribution is 2.31. The number of pyridine rings is 1. The van der Waals surface area contributed by atoms with Crippen LogP contribution in [0, 0.1) is 0 Å². The minimum Gasteiger partial charge on any atom is -0.480 e. The number of hydrogen-bond acceptors (Lipinski definition) is 10. The number of aliphatic hydroxyl groups excluding tert-OH is 2. The zero-order chi connectivity index (χ0) is 24.4. The van der Waals surface area contributed by atoms with Crippen molar-refractivity contribution in [1.82, 2.24) is 20.3 Å². The van der Waals surface area contributed by atoms with E-state index in [4.69, 9.17) is 9.47 Å². The Morgan fingerprint density at radius 3 is 2.94 bits per heavy atom. The van der Waals surface area contributed by atoms with Gasteiger partial charge in [-0.25, -0.2) is 15.0 Å². The van der Waals surface area contributed by atoms with Crippen molar-refractivity contribution in [2.75, 3.05) is 24.8 Å². The Labute approximate surface area is 206 Å². The third-order valence-corrected chi connectivity index (χ3v) is 7.28. The standard InChI is InChI=1S/C24H27N5O5S/c1-33-20-10-26-16-4-2-3-15(21(16)29-20)22(31)23(32)17-7-5-14(11-34-17)25-9-13-6-8-18-24(27-13)28-19(30)12-35-18/h2-4,6,8,10,14,17,22-23,25,31-32H,5,7,9,11-12H2,1H3,(H,27,28,30)/t14-,17+,22+,23-/m1/s1. The first-order valence-electron chi connectivity index (χ1n) is 11.4. The molecule has 184 valence electrons. The number of carbonyl (C=O) groups excluding carboxylic acids is 1. The van der Waals surface area contributed by atoms with Gasteiger partial charge in [-0.1, -0.05) is 12.1 Å². The monoisotopic (exact) mass is 497 g/mol. The quantitative estimate of drug-likeness (QED) is 0.382. The first kappa shape index (κ1) is 23.9. The van der Waals surface area contributed by atoms with Gasteiger partial charge in [0.1, 0.15) is 18.0 Å². The second-order valence-electron chi connectivity index (χ2n) is 8.58. The van der Waals surface area contributed by atoms with E-state index in [2.05, 4.69) is 25.6 Å². The molecular formula is C24H27N5O5S. The van der Waals surface area contributed by atoms with Gasteiger partial charge in [0.15, 0.2) is 0 Å². The Balaban J connectivity index is 1.17. The fourth-order valence-corrected chi connectivity index (χ4v) is 5.07. The van der Waals surface area contributed by atoms with E-state index >= 15 is 0 Å². The van der Waals surface area contributed by atoms with Crippen molar-refractivity contribution in [1.29, 1.82) is 0 Å². The molecule has 3 aromatic rings. The Bertz CT molecular complexity index is 1220. The van der Waals surface area contributed by atoms with Gasteiger partial charge in [-0.05, 0) is 31.0 Å². The molecule has 1 aromatic carbocycles. The number of hydrogen-bond donors (Lipinski definition) is 4. The zero-order valence-electron chi connectivity index (χ0n) is 19.2. The van der Waals surface area contributed by atoms with Gasteiger partial charge in [-0.3, -0.25) is 4.79 Å². The molecule has 4 atom stereocenters. The van der Waals surface area contributed by atoms with E-state index in [0.717, 1.165) is 17.0 Å². The molecule has 0 radical (unpaired) electrons. The van der Waals surface area contributed by atoms with Crippen LogP contribution < -0.4 is 15.4 Å². The van der Waals surface area contributed by atoms with E-state index in [1.807, 2.05) is 12.1 Å². The first-order chi connectivity index (χ1) is 17.0. The van der Waals surface area contributed by atoms with Crippen LogP contribution in [0.1, 0.15) is 30.2 Å². The number of carbonyl (C=O) groups is 1. The summed E-state index contributed by atoms with van der Waals surface area (Å²) in [6.07, 6.45) is 0.0715. The first-order valence-corrected chi connectivity index (χ1v) is 12.4. The molecule has 0 bridgehead atoms. The van der Waals surface area contributed by atoms with Crippen LogP contribution in [0.5, 0.6) is 5.88 Å². The summed E-state index contributed by atoms with van der Waals surface area (Å²) in [5.74, 6) is 1.32. The maximum absolute atomic E-state index is 11.6. The molecule has 4 heterocycles. The Hall–Kier alpha value is -2.83. The Morgan fingerprint density at radius 2 is 2.14 bits per heavy atom. The summed E-state index contributed by atoms with van der Waals surface area (Å²) < 4.78 is 11.1. The van der Waals surface area contributed by atoms with Crippen LogP contribution in [0.2, 0.25) is 0 Å². The van der Waals surface area contributed by atoms with Crippen molar-refractivity contribution in [3.05, 3.63) is 47.8 Å². The van der Waals surface area contributed by atoms with E-state index in [-0.39, 0.29) is 11.9 Å². The minimum atomic E-state index is -1.18. The Morgan fingerprint density at radius 1 is 1.26 bits per heavy atom. The number of anilines is 1. The van der Waals surface area contributed by atoms with Gasteiger partial charge < -0.3 is 30.3 Å². The summed E-state index contributed by atoms with van der Waals surface area (Å²) in [5.41, 5.74) is 2.41. The van der Waals surface area contributed by atoms with Crippen molar-refractivity contribution in [2.45, 2.75) is 48.6 Å². The van der Waals surface area contributed by atoms with E-state index in [0.29, 0.717) is 53.6 Å². The molecule has 2 aliphatic rings. The number of aromatic nitrogens is 3. The van der Waals surface area contributed by atoms with Crippen molar-refractivity contribution in [3.63, 3.8) is 0 Å². The molecule has 0 aliphatic carbocycles. The highest BCUT2D eigenvalue weighted by molar-refractivity contribution is 8.00. The number of amides is 1.